The molecule has 1 aliphatic carbocycles. The summed E-state index contributed by atoms with van der Waals surface area (Å²) in [5.41, 5.74) is 0.367. The normalized spacial score (nSPS) is 20.0. The highest BCUT2D eigenvalue weighted by atomic mass is 32.2. The summed E-state index contributed by atoms with van der Waals surface area (Å²) >= 11 is 0. The van der Waals surface area contributed by atoms with Gasteiger partial charge >= 0.3 is 0 Å². The number of amides is 1. The van der Waals surface area contributed by atoms with E-state index in [1.807, 2.05) is 0 Å². The molecule has 8 heteroatoms. The molecule has 1 heterocycles. The molecule has 0 atom stereocenters. The maximum Gasteiger partial charge on any atom is 0.245 e. The Bertz CT molecular complexity index is 813. The smallest absolute Gasteiger partial charge is 0.245 e. The fourth-order valence-electron chi connectivity index (χ4n) is 4.42. The van der Waals surface area contributed by atoms with Crippen LogP contribution in [0.3, 0.4) is 0 Å². The summed E-state index contributed by atoms with van der Waals surface area (Å²) in [7, 11) is -2.00. The second-order valence-electron chi connectivity index (χ2n) is 8.76. The molecule has 0 spiro atoms. The maximum atomic E-state index is 13.3. The summed E-state index contributed by atoms with van der Waals surface area (Å²) in [5.74, 6) is -0.170. The predicted molar refractivity (Wildman–Crippen MR) is 120 cm³/mol. The minimum absolute atomic E-state index is 0.0322. The van der Waals surface area contributed by atoms with Gasteiger partial charge in [-0.2, -0.15) is 4.31 Å². The third-order valence-electron chi connectivity index (χ3n) is 6.41. The third kappa shape index (κ3) is 5.60. The Morgan fingerprint density at radius 3 is 2.37 bits per heavy atom. The highest BCUT2D eigenvalue weighted by Crippen LogP contribution is 2.29. The van der Waals surface area contributed by atoms with Gasteiger partial charge in [0.1, 0.15) is 4.90 Å². The predicted octanol–water partition coefficient (Wildman–Crippen LogP) is 2.60. The molecule has 1 amide bonds. The van der Waals surface area contributed by atoms with Crippen molar-refractivity contribution in [2.24, 2.45) is 0 Å². The number of nitrogens with zero attached hydrogens (tertiary/aromatic N) is 3. The van der Waals surface area contributed by atoms with Crippen LogP contribution in [0.2, 0.25) is 0 Å². The summed E-state index contributed by atoms with van der Waals surface area (Å²) in [6, 6.07) is 7.28. The van der Waals surface area contributed by atoms with Crippen molar-refractivity contribution in [1.82, 2.24) is 14.1 Å². The lowest BCUT2D eigenvalue weighted by Gasteiger charge is -2.36. The van der Waals surface area contributed by atoms with Gasteiger partial charge in [0.15, 0.2) is 0 Å². The minimum atomic E-state index is -3.67. The topological polar surface area (TPSA) is 73.0 Å². The molecular weight excluding hydrogens is 400 g/mol. The van der Waals surface area contributed by atoms with Crippen LogP contribution in [-0.2, 0) is 14.8 Å². The van der Waals surface area contributed by atoms with Crippen LogP contribution in [0.1, 0.15) is 46.0 Å². The molecule has 3 rings (SSSR count). The van der Waals surface area contributed by atoms with Gasteiger partial charge in [0.05, 0.1) is 12.2 Å². The Morgan fingerprint density at radius 2 is 1.73 bits per heavy atom. The zero-order valence-corrected chi connectivity index (χ0v) is 19.3. The highest BCUT2D eigenvalue weighted by molar-refractivity contribution is 7.89. The molecule has 1 aromatic rings. The van der Waals surface area contributed by atoms with Gasteiger partial charge in [-0.25, -0.2) is 8.42 Å². The molecule has 30 heavy (non-hydrogen) atoms. The molecule has 0 aromatic heterocycles. The van der Waals surface area contributed by atoms with E-state index in [9.17, 15) is 13.2 Å². The third-order valence-corrected chi connectivity index (χ3v) is 8.38. The minimum Gasteiger partial charge on any atom is -0.324 e. The molecule has 1 saturated heterocycles. The molecule has 0 bridgehead atoms. The van der Waals surface area contributed by atoms with Crippen LogP contribution >= 0.6 is 0 Å². The van der Waals surface area contributed by atoms with Gasteiger partial charge in [-0.15, -0.1) is 0 Å². The zero-order valence-electron chi connectivity index (χ0n) is 18.5. The Balaban J connectivity index is 1.65. The van der Waals surface area contributed by atoms with E-state index in [1.54, 1.807) is 31.3 Å². The SMILES string of the molecule is CC(C)N1CCN(CC(=O)Nc2ccccc2S(=O)(=O)N(C)C2CCCCC2)CC1. The van der Waals surface area contributed by atoms with Crippen molar-refractivity contribution in [3.05, 3.63) is 24.3 Å². The van der Waals surface area contributed by atoms with Crippen LogP contribution in [-0.4, -0.2) is 80.3 Å². The van der Waals surface area contributed by atoms with Crippen LogP contribution in [0.15, 0.2) is 29.2 Å². The standard InChI is InChI=1S/C22H36N4O3S/c1-18(2)26-15-13-25(14-16-26)17-22(27)23-20-11-7-8-12-21(20)30(28,29)24(3)19-9-5-4-6-10-19/h7-8,11-12,18-19H,4-6,9-10,13-17H2,1-3H3,(H,23,27). The zero-order chi connectivity index (χ0) is 21.7. The average molecular weight is 437 g/mol. The van der Waals surface area contributed by atoms with Crippen LogP contribution in [0.4, 0.5) is 5.69 Å². The summed E-state index contributed by atoms with van der Waals surface area (Å²) in [6.45, 7) is 8.23. The van der Waals surface area contributed by atoms with Gasteiger partial charge in [0.25, 0.3) is 0 Å². The van der Waals surface area contributed by atoms with Crippen molar-refractivity contribution in [1.29, 1.82) is 0 Å². The molecule has 1 aliphatic heterocycles. The first kappa shape index (κ1) is 23.2. The van der Waals surface area contributed by atoms with Gasteiger partial charge in [0.2, 0.25) is 15.9 Å². The number of carbonyl (C=O) groups excluding carboxylic acids is 1. The average Bonchev–Trinajstić information content (AvgIpc) is 2.74. The van der Waals surface area contributed by atoms with Crippen LogP contribution in [0, 0.1) is 0 Å². The van der Waals surface area contributed by atoms with Crippen molar-refractivity contribution in [3.8, 4) is 0 Å². The van der Waals surface area contributed by atoms with Crippen LogP contribution < -0.4 is 5.32 Å². The first-order valence-electron chi connectivity index (χ1n) is 11.1. The molecule has 7 nitrogen and oxygen atoms in total. The molecule has 2 aliphatic rings. The van der Waals surface area contributed by atoms with E-state index >= 15 is 0 Å². The fraction of sp³-hybridized carbons (Fsp3) is 0.682. The lowest BCUT2D eigenvalue weighted by Crippen LogP contribution is -2.50. The van der Waals surface area contributed by atoms with E-state index in [1.165, 1.54) is 10.7 Å². The number of piperazine rings is 1. The van der Waals surface area contributed by atoms with Gasteiger partial charge in [-0.3, -0.25) is 14.6 Å². The number of nitrogens with one attached hydrogen (secondary N) is 1. The number of para-hydroxylation sites is 1. The molecule has 1 N–H and O–H groups in total. The molecule has 0 radical (unpaired) electrons. The van der Waals surface area contributed by atoms with Crippen molar-refractivity contribution in [2.45, 2.75) is 62.9 Å². The van der Waals surface area contributed by atoms with Gasteiger partial charge < -0.3 is 5.32 Å². The Kier molecular flexibility index (Phi) is 7.90. The van der Waals surface area contributed by atoms with Crippen molar-refractivity contribution in [3.63, 3.8) is 0 Å². The van der Waals surface area contributed by atoms with Crippen molar-refractivity contribution < 1.29 is 13.2 Å². The first-order valence-corrected chi connectivity index (χ1v) is 12.6. The number of sulfonamides is 1. The number of benzene rings is 1. The van der Waals surface area contributed by atoms with Crippen molar-refractivity contribution >= 4 is 21.6 Å². The number of hydrogen-bond acceptors (Lipinski definition) is 5. The molecular formula is C22H36N4O3S. The van der Waals surface area contributed by atoms with Gasteiger partial charge in [0, 0.05) is 45.3 Å². The molecule has 2 fully saturated rings. The second kappa shape index (κ2) is 10.2. The number of anilines is 1. The Morgan fingerprint density at radius 1 is 1.10 bits per heavy atom. The quantitative estimate of drug-likeness (QED) is 0.711. The van der Waals surface area contributed by atoms with Crippen LogP contribution in [0.5, 0.6) is 0 Å². The van der Waals surface area contributed by atoms with E-state index in [0.717, 1.165) is 51.9 Å². The van der Waals surface area contributed by atoms with E-state index in [0.29, 0.717) is 11.7 Å². The lowest BCUT2D eigenvalue weighted by molar-refractivity contribution is -0.117. The molecule has 1 aromatic carbocycles. The Hall–Kier alpha value is -1.48. The molecule has 1 saturated carbocycles. The molecule has 0 unspecified atom stereocenters. The number of rotatable bonds is 7. The van der Waals surface area contributed by atoms with E-state index in [4.69, 9.17) is 0 Å². The van der Waals surface area contributed by atoms with E-state index in [-0.39, 0.29) is 23.4 Å². The first-order chi connectivity index (χ1) is 14.3. The Labute approximate surface area is 181 Å². The lowest BCUT2D eigenvalue weighted by atomic mass is 9.96. The number of hydrogen-bond donors (Lipinski definition) is 1. The van der Waals surface area contributed by atoms with Gasteiger partial charge in [-0.05, 0) is 38.8 Å². The van der Waals surface area contributed by atoms with Crippen LogP contribution in [0.25, 0.3) is 0 Å². The van der Waals surface area contributed by atoms with Gasteiger partial charge in [-0.1, -0.05) is 31.4 Å². The molecule has 168 valence electrons. The van der Waals surface area contributed by atoms with E-state index < -0.39 is 10.0 Å². The number of carbonyl (C=O) groups is 1. The maximum absolute atomic E-state index is 13.3. The summed E-state index contributed by atoms with van der Waals surface area (Å²) in [5, 5.41) is 2.86. The summed E-state index contributed by atoms with van der Waals surface area (Å²) in [4.78, 5) is 17.4. The second-order valence-corrected chi connectivity index (χ2v) is 10.7. The fourth-order valence-corrected chi connectivity index (χ4v) is 5.98. The summed E-state index contributed by atoms with van der Waals surface area (Å²) < 4.78 is 28.1. The highest BCUT2D eigenvalue weighted by Gasteiger charge is 2.31. The largest absolute Gasteiger partial charge is 0.324 e. The monoisotopic (exact) mass is 436 g/mol. The van der Waals surface area contributed by atoms with E-state index in [2.05, 4.69) is 29.0 Å². The summed E-state index contributed by atoms with van der Waals surface area (Å²) in [6.07, 6.45) is 5.08. The van der Waals surface area contributed by atoms with Crippen molar-refractivity contribution in [2.75, 3.05) is 45.1 Å².